The van der Waals surface area contributed by atoms with Gasteiger partial charge in [0.05, 0.1) is 6.54 Å². The number of aromatic nitrogens is 2. The van der Waals surface area contributed by atoms with Gasteiger partial charge in [-0.05, 0) is 31.2 Å². The van der Waals surface area contributed by atoms with Crippen LogP contribution in [0.3, 0.4) is 0 Å². The molecule has 1 aliphatic rings. The Kier molecular flexibility index (Phi) is 9.70. The van der Waals surface area contributed by atoms with E-state index in [9.17, 15) is 4.79 Å². The average Bonchev–Trinajstić information content (AvgIpc) is 3.06. The Morgan fingerprint density at radius 3 is 2.73 bits per heavy atom. The molecule has 2 aromatic rings. The summed E-state index contributed by atoms with van der Waals surface area (Å²) in [5, 5.41) is 3.04. The fourth-order valence-corrected chi connectivity index (χ4v) is 3.38. The molecule has 0 aliphatic heterocycles. The highest BCUT2D eigenvalue weighted by atomic mass is 35.5. The van der Waals surface area contributed by atoms with Crippen LogP contribution in [-0.4, -0.2) is 21.5 Å². The first-order valence-corrected chi connectivity index (χ1v) is 8.79. The van der Waals surface area contributed by atoms with E-state index < -0.39 is 0 Å². The monoisotopic (exact) mass is 398 g/mol. The predicted molar refractivity (Wildman–Crippen MR) is 109 cm³/mol. The minimum Gasteiger partial charge on any atom is -0.349 e. The predicted octanol–water partition coefficient (Wildman–Crippen LogP) is 3.10. The van der Waals surface area contributed by atoms with Crippen LogP contribution in [0, 0.1) is 5.92 Å². The van der Waals surface area contributed by atoms with Gasteiger partial charge in [-0.25, -0.2) is 4.98 Å². The van der Waals surface area contributed by atoms with Crippen molar-refractivity contribution < 1.29 is 4.79 Å². The Balaban J connectivity index is 0.00000169. The lowest BCUT2D eigenvalue weighted by molar-refractivity contribution is -0.126. The van der Waals surface area contributed by atoms with Gasteiger partial charge in [0.2, 0.25) is 5.91 Å². The van der Waals surface area contributed by atoms with Crippen LogP contribution in [0.2, 0.25) is 0 Å². The van der Waals surface area contributed by atoms with E-state index in [1.54, 1.807) is 6.20 Å². The molecule has 1 aromatic carbocycles. The Labute approximate surface area is 167 Å². The van der Waals surface area contributed by atoms with E-state index in [1.807, 2.05) is 12.3 Å². The summed E-state index contributed by atoms with van der Waals surface area (Å²) in [7, 11) is 0. The lowest BCUT2D eigenvalue weighted by atomic mass is 9.85. The fraction of sp³-hybridized carbons (Fsp3) is 0.474. The van der Waals surface area contributed by atoms with Gasteiger partial charge in [0.15, 0.2) is 0 Å². The number of halogens is 2. The second-order valence-corrected chi connectivity index (χ2v) is 6.61. The third kappa shape index (κ3) is 6.31. The maximum atomic E-state index is 12.3. The summed E-state index contributed by atoms with van der Waals surface area (Å²) in [6, 6.07) is 10.6. The standard InChI is InChI=1S/C19H26N4O.2ClH/c20-17-8-4-7-16(13-17)19(24)22-14-18-21-10-12-23(18)11-9-15-5-2-1-3-6-15;;/h1-3,5-6,10,12,16-17H,4,7-9,11,13-14,20H2,(H,22,24);2*1H. The molecule has 1 aromatic heterocycles. The minimum absolute atomic E-state index is 0. The van der Waals surface area contributed by atoms with Gasteiger partial charge in [-0.1, -0.05) is 36.8 Å². The number of rotatable bonds is 6. The number of hydrogen-bond acceptors (Lipinski definition) is 3. The molecular weight excluding hydrogens is 371 g/mol. The summed E-state index contributed by atoms with van der Waals surface area (Å²) >= 11 is 0. The molecule has 0 bridgehead atoms. The van der Waals surface area contributed by atoms with Crippen LogP contribution in [0.5, 0.6) is 0 Å². The normalized spacial score (nSPS) is 19.1. The molecule has 3 rings (SSSR count). The largest absolute Gasteiger partial charge is 0.349 e. The topological polar surface area (TPSA) is 72.9 Å². The van der Waals surface area contributed by atoms with Gasteiger partial charge in [-0.2, -0.15) is 0 Å². The second kappa shape index (κ2) is 11.2. The highest BCUT2D eigenvalue weighted by Gasteiger charge is 2.25. The summed E-state index contributed by atoms with van der Waals surface area (Å²) in [5.41, 5.74) is 7.28. The van der Waals surface area contributed by atoms with Crippen molar-refractivity contribution >= 4 is 30.7 Å². The molecule has 26 heavy (non-hydrogen) atoms. The molecule has 0 saturated heterocycles. The average molecular weight is 399 g/mol. The van der Waals surface area contributed by atoms with Crippen molar-refractivity contribution in [3.63, 3.8) is 0 Å². The number of nitrogens with zero attached hydrogens (tertiary/aromatic N) is 2. The minimum atomic E-state index is 0. The van der Waals surface area contributed by atoms with Gasteiger partial charge < -0.3 is 15.6 Å². The van der Waals surface area contributed by atoms with E-state index in [4.69, 9.17) is 5.73 Å². The number of carbonyl (C=O) groups is 1. The highest BCUT2D eigenvalue weighted by molar-refractivity contribution is 5.85. The number of imidazole rings is 1. The number of nitrogens with two attached hydrogens (primary N) is 1. The number of carbonyl (C=O) groups excluding carboxylic acids is 1. The van der Waals surface area contributed by atoms with Crippen molar-refractivity contribution in [2.45, 2.75) is 51.2 Å². The molecule has 2 atom stereocenters. The van der Waals surface area contributed by atoms with Gasteiger partial charge in [-0.3, -0.25) is 4.79 Å². The van der Waals surface area contributed by atoms with Gasteiger partial charge in [0, 0.05) is 30.9 Å². The van der Waals surface area contributed by atoms with E-state index in [2.05, 4.69) is 39.1 Å². The third-order valence-electron chi connectivity index (χ3n) is 4.79. The SMILES string of the molecule is Cl.Cl.NC1CCCC(C(=O)NCc2nccn2CCc2ccccc2)C1. The maximum absolute atomic E-state index is 12.3. The quantitative estimate of drug-likeness (QED) is 0.784. The number of amides is 1. The smallest absolute Gasteiger partial charge is 0.223 e. The molecule has 0 radical (unpaired) electrons. The summed E-state index contributed by atoms with van der Waals surface area (Å²) in [5.74, 6) is 1.07. The van der Waals surface area contributed by atoms with Crippen molar-refractivity contribution in [2.24, 2.45) is 11.7 Å². The number of hydrogen-bond donors (Lipinski definition) is 2. The Morgan fingerprint density at radius 2 is 2.00 bits per heavy atom. The third-order valence-corrected chi connectivity index (χ3v) is 4.79. The van der Waals surface area contributed by atoms with E-state index >= 15 is 0 Å². The van der Waals surface area contributed by atoms with Gasteiger partial charge >= 0.3 is 0 Å². The number of nitrogens with one attached hydrogen (secondary N) is 1. The first-order valence-electron chi connectivity index (χ1n) is 8.79. The zero-order valence-corrected chi connectivity index (χ0v) is 16.5. The zero-order chi connectivity index (χ0) is 16.8. The van der Waals surface area contributed by atoms with Crippen LogP contribution < -0.4 is 11.1 Å². The molecule has 3 N–H and O–H groups in total. The van der Waals surface area contributed by atoms with Crippen LogP contribution in [-0.2, 0) is 24.3 Å². The lowest BCUT2D eigenvalue weighted by Crippen LogP contribution is -2.37. The summed E-state index contributed by atoms with van der Waals surface area (Å²) < 4.78 is 2.11. The highest BCUT2D eigenvalue weighted by Crippen LogP contribution is 2.23. The summed E-state index contributed by atoms with van der Waals surface area (Å²) in [6.45, 7) is 1.34. The van der Waals surface area contributed by atoms with Crippen molar-refractivity contribution in [3.05, 3.63) is 54.1 Å². The first-order chi connectivity index (χ1) is 11.7. The van der Waals surface area contributed by atoms with Crippen LogP contribution in [0.15, 0.2) is 42.7 Å². The Morgan fingerprint density at radius 1 is 1.23 bits per heavy atom. The van der Waals surface area contributed by atoms with E-state index in [-0.39, 0.29) is 42.7 Å². The van der Waals surface area contributed by atoms with Crippen molar-refractivity contribution in [1.82, 2.24) is 14.9 Å². The van der Waals surface area contributed by atoms with Gasteiger partial charge in [0.1, 0.15) is 5.82 Å². The van der Waals surface area contributed by atoms with Gasteiger partial charge in [0.25, 0.3) is 0 Å². The van der Waals surface area contributed by atoms with Crippen molar-refractivity contribution in [1.29, 1.82) is 0 Å². The Hall–Kier alpha value is -1.56. The maximum Gasteiger partial charge on any atom is 0.223 e. The molecule has 1 aliphatic carbocycles. The van der Waals surface area contributed by atoms with E-state index in [1.165, 1.54) is 5.56 Å². The zero-order valence-electron chi connectivity index (χ0n) is 14.8. The fourth-order valence-electron chi connectivity index (χ4n) is 3.38. The lowest BCUT2D eigenvalue weighted by Gasteiger charge is -2.25. The molecule has 144 valence electrons. The van der Waals surface area contributed by atoms with Gasteiger partial charge in [-0.15, -0.1) is 24.8 Å². The first kappa shape index (κ1) is 22.5. The molecule has 1 heterocycles. The second-order valence-electron chi connectivity index (χ2n) is 6.61. The van der Waals surface area contributed by atoms with Crippen molar-refractivity contribution in [2.75, 3.05) is 0 Å². The van der Waals surface area contributed by atoms with Crippen LogP contribution >= 0.6 is 24.8 Å². The van der Waals surface area contributed by atoms with Crippen LogP contribution in [0.25, 0.3) is 0 Å². The van der Waals surface area contributed by atoms with E-state index in [0.717, 1.165) is 44.5 Å². The summed E-state index contributed by atoms with van der Waals surface area (Å²) in [4.78, 5) is 16.7. The summed E-state index contributed by atoms with van der Waals surface area (Å²) in [6.07, 6.45) is 8.55. The molecule has 0 spiro atoms. The molecule has 2 unspecified atom stereocenters. The molecule has 1 fully saturated rings. The van der Waals surface area contributed by atoms with E-state index in [0.29, 0.717) is 6.54 Å². The molecule has 1 saturated carbocycles. The van der Waals surface area contributed by atoms with Crippen LogP contribution in [0.1, 0.15) is 37.1 Å². The Bertz CT molecular complexity index is 663. The molecule has 7 heteroatoms. The molecular formula is C19H28Cl2N4O. The molecule has 1 amide bonds. The molecule has 5 nitrogen and oxygen atoms in total. The van der Waals surface area contributed by atoms with Crippen LogP contribution in [0.4, 0.5) is 0 Å². The number of benzene rings is 1. The van der Waals surface area contributed by atoms with Crippen molar-refractivity contribution in [3.8, 4) is 0 Å². The number of aryl methyl sites for hydroxylation is 2.